The Bertz CT molecular complexity index is 436. The third kappa shape index (κ3) is 2.52. The van der Waals surface area contributed by atoms with E-state index in [9.17, 15) is 4.79 Å². The molecule has 4 heteroatoms. The molecule has 0 aromatic carbocycles. The topological polar surface area (TPSA) is 29.5 Å². The van der Waals surface area contributed by atoms with Gasteiger partial charge in [0.15, 0.2) is 0 Å². The molecule has 0 aliphatic carbocycles. The van der Waals surface area contributed by atoms with Crippen LogP contribution < -0.4 is 0 Å². The zero-order chi connectivity index (χ0) is 12.3. The predicted molar refractivity (Wildman–Crippen MR) is 70.3 cm³/mol. The van der Waals surface area contributed by atoms with Crippen LogP contribution in [-0.4, -0.2) is 30.7 Å². The largest absolute Gasteiger partial charge is 0.450 e. The number of hydrogen-bond acceptors (Lipinski definition) is 3. The van der Waals surface area contributed by atoms with Crippen LogP contribution in [0, 0.1) is 0 Å². The molecule has 0 atom stereocenters. The fourth-order valence-corrected chi connectivity index (χ4v) is 2.95. The molecule has 1 aliphatic rings. The Labute approximate surface area is 106 Å². The zero-order valence-corrected chi connectivity index (χ0v) is 11.0. The summed E-state index contributed by atoms with van der Waals surface area (Å²) < 4.78 is 5.07. The molecule has 0 N–H and O–H groups in total. The molecule has 0 bridgehead atoms. The van der Waals surface area contributed by atoms with Crippen molar-refractivity contribution in [3.63, 3.8) is 0 Å². The summed E-state index contributed by atoms with van der Waals surface area (Å²) in [6.45, 7) is 5.68. The maximum atomic E-state index is 11.8. The maximum absolute atomic E-state index is 11.8. The first-order valence-corrected chi connectivity index (χ1v) is 6.77. The third-order valence-corrected chi connectivity index (χ3v) is 3.92. The lowest BCUT2D eigenvalue weighted by Crippen LogP contribution is -2.33. The maximum Gasteiger partial charge on any atom is 0.410 e. The average molecular weight is 251 g/mol. The average Bonchev–Trinajstić information content (AvgIpc) is 2.71. The van der Waals surface area contributed by atoms with Crippen molar-refractivity contribution in [3.8, 4) is 0 Å². The van der Waals surface area contributed by atoms with E-state index >= 15 is 0 Å². The standard InChI is InChI=1S/C13H17NO2S/c1-3-10-9-14(13(15)16-4-2)7-5-12-11(10)6-8-17-12/h3,6,8H,4-5,7,9H2,1-2H3/b10-3+. The monoisotopic (exact) mass is 251 g/mol. The van der Waals surface area contributed by atoms with Gasteiger partial charge in [-0.15, -0.1) is 11.3 Å². The molecule has 0 fully saturated rings. The Hall–Kier alpha value is -1.29. The molecular weight excluding hydrogens is 234 g/mol. The number of nitrogens with zero attached hydrogens (tertiary/aromatic N) is 1. The van der Waals surface area contributed by atoms with E-state index in [0.717, 1.165) is 13.0 Å². The van der Waals surface area contributed by atoms with Gasteiger partial charge in [0, 0.05) is 24.4 Å². The molecule has 0 saturated carbocycles. The number of allylic oxidation sites excluding steroid dienone is 1. The summed E-state index contributed by atoms with van der Waals surface area (Å²) >= 11 is 1.77. The third-order valence-electron chi connectivity index (χ3n) is 2.94. The number of hydrogen-bond donors (Lipinski definition) is 0. The summed E-state index contributed by atoms with van der Waals surface area (Å²) in [5.74, 6) is 0. The molecule has 1 aliphatic heterocycles. The molecule has 1 aromatic rings. The Morgan fingerprint density at radius 3 is 3.18 bits per heavy atom. The van der Waals surface area contributed by atoms with Gasteiger partial charge in [-0.1, -0.05) is 6.08 Å². The normalized spacial score (nSPS) is 17.8. The lowest BCUT2D eigenvalue weighted by Gasteiger charge is -2.20. The van der Waals surface area contributed by atoms with Crippen LogP contribution in [0.5, 0.6) is 0 Å². The molecule has 2 rings (SSSR count). The number of carbonyl (C=O) groups excluding carboxylic acids is 1. The molecule has 0 spiro atoms. The molecule has 3 nitrogen and oxygen atoms in total. The van der Waals surface area contributed by atoms with E-state index in [1.165, 1.54) is 16.0 Å². The van der Waals surface area contributed by atoms with Crippen LogP contribution in [-0.2, 0) is 11.2 Å². The smallest absolute Gasteiger partial charge is 0.410 e. The van der Waals surface area contributed by atoms with Crippen molar-refractivity contribution in [1.82, 2.24) is 4.90 Å². The minimum Gasteiger partial charge on any atom is -0.450 e. The molecule has 0 saturated heterocycles. The van der Waals surface area contributed by atoms with Gasteiger partial charge >= 0.3 is 6.09 Å². The first-order chi connectivity index (χ1) is 8.26. The number of rotatable bonds is 1. The van der Waals surface area contributed by atoms with Crippen LogP contribution in [0.2, 0.25) is 0 Å². The highest BCUT2D eigenvalue weighted by molar-refractivity contribution is 7.10. The summed E-state index contributed by atoms with van der Waals surface area (Å²) in [6.07, 6.45) is 2.80. The van der Waals surface area contributed by atoms with Crippen molar-refractivity contribution >= 4 is 23.0 Å². The number of thiophene rings is 1. The van der Waals surface area contributed by atoms with E-state index in [-0.39, 0.29) is 6.09 Å². The first-order valence-electron chi connectivity index (χ1n) is 5.90. The highest BCUT2D eigenvalue weighted by Gasteiger charge is 2.22. The minimum absolute atomic E-state index is 0.206. The quantitative estimate of drug-likeness (QED) is 0.767. The second-order valence-electron chi connectivity index (χ2n) is 3.94. The fraction of sp³-hybridized carbons (Fsp3) is 0.462. The van der Waals surface area contributed by atoms with Crippen LogP contribution in [0.1, 0.15) is 24.3 Å². The highest BCUT2D eigenvalue weighted by Crippen LogP contribution is 2.28. The molecule has 17 heavy (non-hydrogen) atoms. The predicted octanol–water partition coefficient (Wildman–Crippen LogP) is 3.17. The van der Waals surface area contributed by atoms with Gasteiger partial charge in [-0.2, -0.15) is 0 Å². The summed E-state index contributed by atoms with van der Waals surface area (Å²) in [5.41, 5.74) is 2.51. The van der Waals surface area contributed by atoms with Gasteiger partial charge < -0.3 is 9.64 Å². The minimum atomic E-state index is -0.206. The van der Waals surface area contributed by atoms with Crippen LogP contribution in [0.4, 0.5) is 4.79 Å². The van der Waals surface area contributed by atoms with Crippen LogP contribution in [0.25, 0.3) is 5.57 Å². The van der Waals surface area contributed by atoms with Crippen molar-refractivity contribution < 1.29 is 9.53 Å². The molecular formula is C13H17NO2S. The number of amides is 1. The molecule has 2 heterocycles. The molecule has 92 valence electrons. The van der Waals surface area contributed by atoms with Crippen molar-refractivity contribution in [2.45, 2.75) is 20.3 Å². The van der Waals surface area contributed by atoms with E-state index < -0.39 is 0 Å². The summed E-state index contributed by atoms with van der Waals surface area (Å²) in [7, 11) is 0. The molecule has 1 aromatic heterocycles. The summed E-state index contributed by atoms with van der Waals surface area (Å²) in [6, 6.07) is 2.14. The lowest BCUT2D eigenvalue weighted by atomic mass is 10.1. The molecule has 0 radical (unpaired) electrons. The van der Waals surface area contributed by atoms with E-state index in [0.29, 0.717) is 13.2 Å². The van der Waals surface area contributed by atoms with Crippen LogP contribution >= 0.6 is 11.3 Å². The lowest BCUT2D eigenvalue weighted by molar-refractivity contribution is 0.113. The van der Waals surface area contributed by atoms with E-state index in [2.05, 4.69) is 17.5 Å². The van der Waals surface area contributed by atoms with Gasteiger partial charge in [0.05, 0.1) is 6.61 Å². The van der Waals surface area contributed by atoms with Gasteiger partial charge in [0.1, 0.15) is 0 Å². The zero-order valence-electron chi connectivity index (χ0n) is 10.2. The second kappa shape index (κ2) is 5.36. The van der Waals surface area contributed by atoms with Gasteiger partial charge in [0.2, 0.25) is 0 Å². The Balaban J connectivity index is 2.19. The van der Waals surface area contributed by atoms with Gasteiger partial charge in [-0.3, -0.25) is 0 Å². The number of carbonyl (C=O) groups is 1. The summed E-state index contributed by atoms with van der Waals surface area (Å²) in [5, 5.41) is 2.12. The molecule has 1 amide bonds. The van der Waals surface area contributed by atoms with Crippen molar-refractivity contribution in [3.05, 3.63) is 28.0 Å². The van der Waals surface area contributed by atoms with Crippen molar-refractivity contribution in [2.24, 2.45) is 0 Å². The van der Waals surface area contributed by atoms with Gasteiger partial charge in [-0.05, 0) is 36.4 Å². The van der Waals surface area contributed by atoms with Crippen LogP contribution in [0.15, 0.2) is 17.5 Å². The Kier molecular flexibility index (Phi) is 3.84. The van der Waals surface area contributed by atoms with Crippen molar-refractivity contribution in [1.29, 1.82) is 0 Å². The van der Waals surface area contributed by atoms with Gasteiger partial charge in [0.25, 0.3) is 0 Å². The number of fused-ring (bicyclic) bond motifs is 1. The van der Waals surface area contributed by atoms with Crippen molar-refractivity contribution in [2.75, 3.05) is 19.7 Å². The second-order valence-corrected chi connectivity index (χ2v) is 4.94. The van der Waals surface area contributed by atoms with Crippen LogP contribution in [0.3, 0.4) is 0 Å². The summed E-state index contributed by atoms with van der Waals surface area (Å²) in [4.78, 5) is 14.9. The van der Waals surface area contributed by atoms with E-state index in [4.69, 9.17) is 4.74 Å². The highest BCUT2D eigenvalue weighted by atomic mass is 32.1. The van der Waals surface area contributed by atoms with E-state index in [1.807, 2.05) is 13.8 Å². The first kappa shape index (κ1) is 12.2. The van der Waals surface area contributed by atoms with Gasteiger partial charge in [-0.25, -0.2) is 4.79 Å². The molecule has 0 unspecified atom stereocenters. The SMILES string of the molecule is C/C=C1\CN(C(=O)OCC)CCc2sccc21. The number of ether oxygens (including phenoxy) is 1. The Morgan fingerprint density at radius 2 is 2.47 bits per heavy atom. The Morgan fingerprint density at radius 1 is 1.65 bits per heavy atom. The fourth-order valence-electron chi connectivity index (χ4n) is 2.04. The van der Waals surface area contributed by atoms with E-state index in [1.54, 1.807) is 16.2 Å².